The maximum Gasteiger partial charge on any atom is 0.242 e. The van der Waals surface area contributed by atoms with Gasteiger partial charge in [-0.25, -0.2) is 13.1 Å². The van der Waals surface area contributed by atoms with E-state index in [0.717, 1.165) is 12.8 Å². The Morgan fingerprint density at radius 3 is 2.47 bits per heavy atom. The van der Waals surface area contributed by atoms with Crippen molar-refractivity contribution in [2.45, 2.75) is 43.7 Å². The van der Waals surface area contributed by atoms with Crippen molar-refractivity contribution < 1.29 is 8.42 Å². The van der Waals surface area contributed by atoms with Crippen LogP contribution in [0.3, 0.4) is 0 Å². The van der Waals surface area contributed by atoms with Gasteiger partial charge in [0.15, 0.2) is 0 Å². The molecule has 0 radical (unpaired) electrons. The topological polar surface area (TPSA) is 58.2 Å². The second kappa shape index (κ2) is 4.66. The van der Waals surface area contributed by atoms with Crippen LogP contribution in [-0.2, 0) is 10.0 Å². The van der Waals surface area contributed by atoms with Gasteiger partial charge in [0.2, 0.25) is 10.0 Å². The highest BCUT2D eigenvalue weighted by Crippen LogP contribution is 2.26. The largest absolute Gasteiger partial charge is 0.382 e. The molecule has 2 rings (SSSR count). The molecule has 0 spiro atoms. The van der Waals surface area contributed by atoms with Crippen molar-refractivity contribution >= 4 is 15.7 Å². The van der Waals surface area contributed by atoms with E-state index in [1.165, 1.54) is 0 Å². The van der Waals surface area contributed by atoms with Gasteiger partial charge in [-0.1, -0.05) is 12.1 Å². The summed E-state index contributed by atoms with van der Waals surface area (Å²) in [5.41, 5.74) is 0.663. The van der Waals surface area contributed by atoms with Gasteiger partial charge < -0.3 is 5.32 Å². The van der Waals surface area contributed by atoms with Crippen molar-refractivity contribution in [3.05, 3.63) is 24.3 Å². The fraction of sp³-hybridized carbons (Fsp3) is 0.500. The number of hydrogen-bond donors (Lipinski definition) is 2. The Labute approximate surface area is 102 Å². The molecule has 0 bridgehead atoms. The van der Waals surface area contributed by atoms with Gasteiger partial charge in [-0.2, -0.15) is 0 Å². The first-order valence-corrected chi connectivity index (χ1v) is 7.35. The number of nitrogens with one attached hydrogen (secondary N) is 2. The van der Waals surface area contributed by atoms with E-state index in [9.17, 15) is 8.42 Å². The zero-order chi connectivity index (χ0) is 12.5. The van der Waals surface area contributed by atoms with E-state index in [2.05, 4.69) is 10.0 Å². The van der Waals surface area contributed by atoms with Gasteiger partial charge in [-0.05, 0) is 38.8 Å². The standard InChI is InChI=1S/C12H18N2O2S/c1-9(2)13-11-5-3-4-6-12(11)17(15,16)14-10-7-8-10/h3-6,9-10,13-14H,7-8H2,1-2H3. The molecule has 94 valence electrons. The molecule has 1 aromatic rings. The Bertz CT molecular complexity index is 493. The zero-order valence-corrected chi connectivity index (χ0v) is 10.9. The molecule has 0 saturated heterocycles. The van der Waals surface area contributed by atoms with Crippen LogP contribution in [0.4, 0.5) is 5.69 Å². The van der Waals surface area contributed by atoms with Crippen molar-refractivity contribution in [2.75, 3.05) is 5.32 Å². The first-order valence-electron chi connectivity index (χ1n) is 5.87. The van der Waals surface area contributed by atoms with Gasteiger partial charge in [-0.3, -0.25) is 0 Å². The molecule has 5 heteroatoms. The Kier molecular flexibility index (Phi) is 3.40. The highest BCUT2D eigenvalue weighted by atomic mass is 32.2. The molecule has 17 heavy (non-hydrogen) atoms. The molecule has 0 atom stereocenters. The van der Waals surface area contributed by atoms with E-state index < -0.39 is 10.0 Å². The normalized spacial score (nSPS) is 16.2. The summed E-state index contributed by atoms with van der Waals surface area (Å²) in [6.07, 6.45) is 1.89. The van der Waals surface area contributed by atoms with Crippen molar-refractivity contribution in [1.82, 2.24) is 4.72 Å². The summed E-state index contributed by atoms with van der Waals surface area (Å²) < 4.78 is 27.0. The Morgan fingerprint density at radius 2 is 1.88 bits per heavy atom. The van der Waals surface area contributed by atoms with E-state index in [0.29, 0.717) is 10.6 Å². The molecule has 1 aliphatic carbocycles. The minimum absolute atomic E-state index is 0.132. The van der Waals surface area contributed by atoms with Gasteiger partial charge >= 0.3 is 0 Å². The van der Waals surface area contributed by atoms with Gasteiger partial charge in [0.05, 0.1) is 5.69 Å². The lowest BCUT2D eigenvalue weighted by Gasteiger charge is -2.15. The fourth-order valence-corrected chi connectivity index (χ4v) is 3.09. The molecule has 0 amide bonds. The molecular formula is C12H18N2O2S. The van der Waals surface area contributed by atoms with Crippen LogP contribution in [0.2, 0.25) is 0 Å². The third-order valence-corrected chi connectivity index (χ3v) is 4.10. The number of para-hydroxylation sites is 1. The van der Waals surface area contributed by atoms with Crippen LogP contribution in [0.1, 0.15) is 26.7 Å². The first-order chi connectivity index (χ1) is 7.99. The van der Waals surface area contributed by atoms with E-state index in [1.807, 2.05) is 19.9 Å². The Balaban J connectivity index is 2.29. The van der Waals surface area contributed by atoms with Crippen LogP contribution < -0.4 is 10.0 Å². The van der Waals surface area contributed by atoms with Gasteiger partial charge in [0, 0.05) is 12.1 Å². The zero-order valence-electron chi connectivity index (χ0n) is 10.1. The fourth-order valence-electron chi connectivity index (χ4n) is 1.62. The number of benzene rings is 1. The van der Waals surface area contributed by atoms with E-state index in [1.54, 1.807) is 18.2 Å². The molecule has 4 nitrogen and oxygen atoms in total. The monoisotopic (exact) mass is 254 g/mol. The highest BCUT2D eigenvalue weighted by Gasteiger charge is 2.29. The number of sulfonamides is 1. The smallest absolute Gasteiger partial charge is 0.242 e. The van der Waals surface area contributed by atoms with Gasteiger partial charge in [-0.15, -0.1) is 0 Å². The van der Waals surface area contributed by atoms with Crippen LogP contribution in [0.5, 0.6) is 0 Å². The molecule has 0 heterocycles. The average molecular weight is 254 g/mol. The predicted molar refractivity (Wildman–Crippen MR) is 68.5 cm³/mol. The van der Waals surface area contributed by atoms with Crippen LogP contribution in [0, 0.1) is 0 Å². The minimum Gasteiger partial charge on any atom is -0.382 e. The lowest BCUT2D eigenvalue weighted by molar-refractivity contribution is 0.581. The van der Waals surface area contributed by atoms with Crippen molar-refractivity contribution in [1.29, 1.82) is 0 Å². The lowest BCUT2D eigenvalue weighted by atomic mass is 10.3. The Morgan fingerprint density at radius 1 is 1.24 bits per heavy atom. The van der Waals surface area contributed by atoms with Gasteiger partial charge in [0.1, 0.15) is 4.90 Å². The van der Waals surface area contributed by atoms with Crippen LogP contribution in [-0.4, -0.2) is 20.5 Å². The number of rotatable bonds is 5. The maximum absolute atomic E-state index is 12.1. The molecule has 1 saturated carbocycles. The van der Waals surface area contributed by atoms with E-state index >= 15 is 0 Å². The average Bonchev–Trinajstić information content (AvgIpc) is 3.00. The summed E-state index contributed by atoms with van der Waals surface area (Å²) >= 11 is 0. The molecule has 2 N–H and O–H groups in total. The lowest BCUT2D eigenvalue weighted by Crippen LogP contribution is -2.27. The second-order valence-corrected chi connectivity index (χ2v) is 6.37. The third kappa shape index (κ3) is 3.20. The summed E-state index contributed by atoms with van der Waals surface area (Å²) in [5.74, 6) is 0. The maximum atomic E-state index is 12.1. The molecule has 1 aromatic carbocycles. The minimum atomic E-state index is -3.39. The molecule has 0 unspecified atom stereocenters. The highest BCUT2D eigenvalue weighted by molar-refractivity contribution is 7.89. The van der Waals surface area contributed by atoms with Crippen LogP contribution in [0.15, 0.2) is 29.2 Å². The number of hydrogen-bond acceptors (Lipinski definition) is 3. The summed E-state index contributed by atoms with van der Waals surface area (Å²) in [6.45, 7) is 3.97. The van der Waals surface area contributed by atoms with Crippen molar-refractivity contribution in [3.8, 4) is 0 Å². The summed E-state index contributed by atoms with van der Waals surface area (Å²) in [7, 11) is -3.39. The molecular weight excluding hydrogens is 236 g/mol. The first kappa shape index (κ1) is 12.4. The molecule has 0 aliphatic heterocycles. The molecule has 1 aliphatic rings. The summed E-state index contributed by atoms with van der Waals surface area (Å²) in [6, 6.07) is 7.34. The van der Waals surface area contributed by atoms with E-state index in [-0.39, 0.29) is 12.1 Å². The molecule has 0 aromatic heterocycles. The van der Waals surface area contributed by atoms with Crippen LogP contribution in [0.25, 0.3) is 0 Å². The Hall–Kier alpha value is -1.07. The predicted octanol–water partition coefficient (Wildman–Crippen LogP) is 1.95. The van der Waals surface area contributed by atoms with Crippen molar-refractivity contribution in [2.24, 2.45) is 0 Å². The van der Waals surface area contributed by atoms with Crippen molar-refractivity contribution in [3.63, 3.8) is 0 Å². The SMILES string of the molecule is CC(C)Nc1ccccc1S(=O)(=O)NC1CC1. The molecule has 1 fully saturated rings. The number of anilines is 1. The van der Waals surface area contributed by atoms with Gasteiger partial charge in [0.25, 0.3) is 0 Å². The van der Waals surface area contributed by atoms with Crippen LogP contribution >= 0.6 is 0 Å². The summed E-state index contributed by atoms with van der Waals surface area (Å²) in [5, 5.41) is 3.15. The third-order valence-electron chi connectivity index (χ3n) is 2.52. The summed E-state index contributed by atoms with van der Waals surface area (Å²) in [4.78, 5) is 0.334. The second-order valence-electron chi connectivity index (χ2n) is 4.69. The quantitative estimate of drug-likeness (QED) is 0.844. The van der Waals surface area contributed by atoms with E-state index in [4.69, 9.17) is 0 Å².